The molecule has 130 valence electrons. The lowest BCUT2D eigenvalue weighted by Crippen LogP contribution is -2.58. The number of hydrogen-bond acceptors (Lipinski definition) is 6. The van der Waals surface area contributed by atoms with Gasteiger partial charge in [0.25, 0.3) is 0 Å². The fourth-order valence-electron chi connectivity index (χ4n) is 3.19. The molecule has 0 aromatic carbocycles. The molecule has 2 saturated heterocycles. The summed E-state index contributed by atoms with van der Waals surface area (Å²) in [6.45, 7) is 6.11. The summed E-state index contributed by atoms with van der Waals surface area (Å²) in [5.41, 5.74) is -0.612. The number of morpholine rings is 1. The van der Waals surface area contributed by atoms with Crippen LogP contribution in [0.1, 0.15) is 11.5 Å². The summed E-state index contributed by atoms with van der Waals surface area (Å²) in [7, 11) is -3.26. The highest BCUT2D eigenvalue weighted by atomic mass is 32.2. The van der Waals surface area contributed by atoms with Gasteiger partial charge in [-0.3, -0.25) is 4.90 Å². The van der Waals surface area contributed by atoms with Gasteiger partial charge in [0.2, 0.25) is 10.0 Å². The van der Waals surface area contributed by atoms with Gasteiger partial charge in [-0.2, -0.15) is 4.31 Å². The minimum atomic E-state index is -3.26. The highest BCUT2D eigenvalue weighted by Crippen LogP contribution is 2.25. The molecule has 2 aliphatic rings. The first-order chi connectivity index (χ1) is 10.9. The smallest absolute Gasteiger partial charge is 0.211 e. The third kappa shape index (κ3) is 4.13. The van der Waals surface area contributed by atoms with Gasteiger partial charge in [-0.05, 0) is 19.1 Å². The molecule has 0 aliphatic carbocycles. The fraction of sp³-hybridized carbons (Fsp3) is 0.733. The second-order valence-electron chi connectivity index (χ2n) is 6.40. The van der Waals surface area contributed by atoms with Crippen molar-refractivity contribution in [2.24, 2.45) is 0 Å². The molecule has 8 heteroatoms. The number of hydrogen-bond donors (Lipinski definition) is 0. The van der Waals surface area contributed by atoms with Crippen molar-refractivity contribution in [2.75, 3.05) is 52.3 Å². The maximum atomic E-state index is 11.9. The molecule has 0 amide bonds. The molecule has 1 aromatic heterocycles. The molecule has 2 fully saturated rings. The van der Waals surface area contributed by atoms with Crippen LogP contribution >= 0.6 is 0 Å². The minimum Gasteiger partial charge on any atom is -0.465 e. The van der Waals surface area contributed by atoms with Crippen LogP contribution in [0.15, 0.2) is 16.5 Å². The van der Waals surface area contributed by atoms with E-state index in [1.807, 2.05) is 19.1 Å². The van der Waals surface area contributed by atoms with Gasteiger partial charge in [0.05, 0.1) is 32.6 Å². The maximum absolute atomic E-state index is 11.9. The Balaban J connectivity index is 1.72. The first-order valence-electron chi connectivity index (χ1n) is 7.81. The minimum absolute atomic E-state index is 0.333. The van der Waals surface area contributed by atoms with Gasteiger partial charge in [-0.15, -0.1) is 0 Å². The van der Waals surface area contributed by atoms with Gasteiger partial charge in [0, 0.05) is 26.2 Å². The van der Waals surface area contributed by atoms with Crippen molar-refractivity contribution in [3.05, 3.63) is 23.7 Å². The Labute approximate surface area is 137 Å². The molecule has 1 unspecified atom stereocenters. The molecule has 1 spiro atoms. The van der Waals surface area contributed by atoms with E-state index in [1.165, 1.54) is 10.6 Å². The highest BCUT2D eigenvalue weighted by Gasteiger charge is 2.42. The zero-order valence-electron chi connectivity index (χ0n) is 13.7. The van der Waals surface area contributed by atoms with Gasteiger partial charge in [-0.25, -0.2) is 8.42 Å². The average Bonchev–Trinajstić information content (AvgIpc) is 2.75. The van der Waals surface area contributed by atoms with Crippen molar-refractivity contribution < 1.29 is 22.3 Å². The number of rotatable bonds is 3. The molecule has 1 aromatic rings. The van der Waals surface area contributed by atoms with E-state index in [9.17, 15) is 8.42 Å². The zero-order valence-corrected chi connectivity index (χ0v) is 14.5. The summed E-state index contributed by atoms with van der Waals surface area (Å²) in [6, 6.07) is 3.93. The molecule has 3 heterocycles. The molecule has 23 heavy (non-hydrogen) atoms. The van der Waals surface area contributed by atoms with Crippen molar-refractivity contribution in [1.29, 1.82) is 0 Å². The first kappa shape index (κ1) is 16.9. The van der Waals surface area contributed by atoms with Crippen LogP contribution in [0, 0.1) is 6.92 Å². The van der Waals surface area contributed by atoms with Crippen molar-refractivity contribution in [3.8, 4) is 0 Å². The summed E-state index contributed by atoms with van der Waals surface area (Å²) in [4.78, 5) is 2.23. The summed E-state index contributed by atoms with van der Waals surface area (Å²) < 4.78 is 42.6. The molecular formula is C15H24N2O5S. The van der Waals surface area contributed by atoms with E-state index in [-0.39, 0.29) is 0 Å². The van der Waals surface area contributed by atoms with Crippen LogP contribution in [0.5, 0.6) is 0 Å². The first-order valence-corrected chi connectivity index (χ1v) is 9.66. The second kappa shape index (κ2) is 6.52. The quantitative estimate of drug-likeness (QED) is 0.793. The topological polar surface area (TPSA) is 72.2 Å². The molecule has 0 radical (unpaired) electrons. The Kier molecular flexibility index (Phi) is 4.80. The van der Waals surface area contributed by atoms with E-state index in [2.05, 4.69) is 4.90 Å². The van der Waals surface area contributed by atoms with Crippen molar-refractivity contribution >= 4 is 10.0 Å². The Morgan fingerprint density at radius 3 is 2.74 bits per heavy atom. The van der Waals surface area contributed by atoms with Crippen LogP contribution in [-0.2, 0) is 26.0 Å². The average molecular weight is 344 g/mol. The maximum Gasteiger partial charge on any atom is 0.211 e. The predicted molar refractivity (Wildman–Crippen MR) is 84.6 cm³/mol. The lowest BCUT2D eigenvalue weighted by molar-refractivity contribution is -0.140. The molecule has 0 N–H and O–H groups in total. The zero-order chi connectivity index (χ0) is 16.5. The van der Waals surface area contributed by atoms with Crippen LogP contribution in [0.25, 0.3) is 0 Å². The highest BCUT2D eigenvalue weighted by molar-refractivity contribution is 7.88. The summed E-state index contributed by atoms with van der Waals surface area (Å²) in [5.74, 6) is 1.80. The molecule has 7 nitrogen and oxygen atoms in total. The van der Waals surface area contributed by atoms with E-state index in [0.717, 1.165) is 18.1 Å². The van der Waals surface area contributed by atoms with Gasteiger partial charge >= 0.3 is 0 Å². The largest absolute Gasteiger partial charge is 0.465 e. The summed E-state index contributed by atoms with van der Waals surface area (Å²) >= 11 is 0. The van der Waals surface area contributed by atoms with Crippen molar-refractivity contribution in [2.45, 2.75) is 19.1 Å². The molecular weight excluding hydrogens is 320 g/mol. The van der Waals surface area contributed by atoms with Gasteiger partial charge in [-0.1, -0.05) is 0 Å². The lowest BCUT2D eigenvalue weighted by Gasteiger charge is -2.42. The number of furan rings is 1. The van der Waals surface area contributed by atoms with Crippen LogP contribution in [0.2, 0.25) is 0 Å². The lowest BCUT2D eigenvalue weighted by atomic mass is 10.0. The number of ether oxygens (including phenoxy) is 2. The van der Waals surface area contributed by atoms with Crippen LogP contribution < -0.4 is 0 Å². The predicted octanol–water partition coefficient (Wildman–Crippen LogP) is 0.451. The molecule has 2 aliphatic heterocycles. The number of sulfonamides is 1. The third-order valence-corrected chi connectivity index (χ3v) is 5.54. The Hall–Kier alpha value is -0.930. The third-order valence-electron chi connectivity index (χ3n) is 4.29. The van der Waals surface area contributed by atoms with E-state index < -0.39 is 15.6 Å². The Bertz CT molecular complexity index is 644. The molecule has 0 saturated carbocycles. The fourth-order valence-corrected chi connectivity index (χ4v) is 4.06. The van der Waals surface area contributed by atoms with E-state index in [4.69, 9.17) is 13.9 Å². The second-order valence-corrected chi connectivity index (χ2v) is 8.39. The van der Waals surface area contributed by atoms with Crippen LogP contribution in [-0.4, -0.2) is 75.5 Å². The van der Waals surface area contributed by atoms with Gasteiger partial charge in [0.1, 0.15) is 17.1 Å². The van der Waals surface area contributed by atoms with Crippen molar-refractivity contribution in [3.63, 3.8) is 0 Å². The van der Waals surface area contributed by atoms with E-state index >= 15 is 0 Å². The Morgan fingerprint density at radius 1 is 1.22 bits per heavy atom. The Morgan fingerprint density at radius 2 is 2.04 bits per heavy atom. The van der Waals surface area contributed by atoms with Crippen LogP contribution in [0.4, 0.5) is 0 Å². The molecule has 0 bridgehead atoms. The molecule has 3 rings (SSSR count). The normalized spacial score (nSPS) is 28.1. The summed E-state index contributed by atoms with van der Waals surface area (Å²) in [5, 5.41) is 0. The van der Waals surface area contributed by atoms with Gasteiger partial charge in [0.15, 0.2) is 0 Å². The standard InChI is InChI=1S/C15H24N2O5S/c1-13-3-4-14(22-13)9-16-5-8-21-15(10-16)11-17(23(2,18)19)6-7-20-12-15/h3-4H,5-12H2,1-2H3. The summed E-state index contributed by atoms with van der Waals surface area (Å²) in [6.07, 6.45) is 1.23. The SMILES string of the molecule is Cc1ccc(CN2CCOC3(COCCN(S(C)(=O)=O)C3)C2)o1. The van der Waals surface area contributed by atoms with E-state index in [1.54, 1.807) is 0 Å². The van der Waals surface area contributed by atoms with Crippen LogP contribution in [0.3, 0.4) is 0 Å². The number of aryl methyl sites for hydroxylation is 1. The van der Waals surface area contributed by atoms with Crippen molar-refractivity contribution in [1.82, 2.24) is 9.21 Å². The monoisotopic (exact) mass is 344 g/mol. The number of nitrogens with zero attached hydrogens (tertiary/aromatic N) is 2. The van der Waals surface area contributed by atoms with Gasteiger partial charge < -0.3 is 13.9 Å². The molecule has 1 atom stereocenters. The van der Waals surface area contributed by atoms with E-state index in [0.29, 0.717) is 46.0 Å².